The summed E-state index contributed by atoms with van der Waals surface area (Å²) >= 11 is 0. The van der Waals surface area contributed by atoms with Gasteiger partial charge in [0.25, 0.3) is 0 Å². The third kappa shape index (κ3) is 3.06. The first-order valence-electron chi connectivity index (χ1n) is 5.03. The van der Waals surface area contributed by atoms with E-state index in [0.717, 1.165) is 5.56 Å². The molecule has 0 radical (unpaired) electrons. The number of aromatic nitrogens is 2. The van der Waals surface area contributed by atoms with Gasteiger partial charge in [-0.1, -0.05) is 13.8 Å². The number of hydrogen-bond acceptors (Lipinski definition) is 3. The fourth-order valence-corrected chi connectivity index (χ4v) is 1.29. The van der Waals surface area contributed by atoms with Crippen molar-refractivity contribution in [3.8, 4) is 0 Å². The Morgan fingerprint density at radius 3 is 2.73 bits per heavy atom. The van der Waals surface area contributed by atoms with Crippen LogP contribution in [0.15, 0.2) is 12.4 Å². The number of primary amides is 1. The summed E-state index contributed by atoms with van der Waals surface area (Å²) in [7, 11) is 1.71. The van der Waals surface area contributed by atoms with Crippen LogP contribution in [0.1, 0.15) is 25.3 Å². The van der Waals surface area contributed by atoms with Crippen LogP contribution in [0.3, 0.4) is 0 Å². The van der Waals surface area contributed by atoms with Crippen LogP contribution in [-0.4, -0.2) is 28.8 Å². The minimum absolute atomic E-state index is 0.362. The van der Waals surface area contributed by atoms with Gasteiger partial charge in [-0.2, -0.15) is 5.10 Å². The maximum Gasteiger partial charge on any atom is 0.236 e. The second-order valence-electron chi connectivity index (χ2n) is 3.89. The number of carbonyl (C=O) groups excluding carboxylic acids is 1. The van der Waals surface area contributed by atoms with Gasteiger partial charge in [-0.15, -0.1) is 0 Å². The lowest BCUT2D eigenvalue weighted by Crippen LogP contribution is -2.42. The average molecular weight is 210 g/mol. The van der Waals surface area contributed by atoms with Crippen LogP contribution < -0.4 is 11.1 Å². The molecule has 0 aromatic carbocycles. The van der Waals surface area contributed by atoms with Crippen molar-refractivity contribution < 1.29 is 4.79 Å². The number of nitrogens with two attached hydrogens (primary N) is 1. The van der Waals surface area contributed by atoms with Gasteiger partial charge >= 0.3 is 0 Å². The predicted octanol–water partition coefficient (Wildman–Crippen LogP) is 0.0798. The van der Waals surface area contributed by atoms with Crippen molar-refractivity contribution in [1.82, 2.24) is 15.1 Å². The summed E-state index contributed by atoms with van der Waals surface area (Å²) in [5.41, 5.74) is 6.38. The quantitative estimate of drug-likeness (QED) is 0.723. The molecule has 0 bridgehead atoms. The summed E-state index contributed by atoms with van der Waals surface area (Å²) in [6.07, 6.45) is 3.76. The summed E-state index contributed by atoms with van der Waals surface area (Å²) in [6, 6.07) is -0.370. The predicted molar refractivity (Wildman–Crippen MR) is 58.4 cm³/mol. The lowest BCUT2D eigenvalue weighted by atomic mass is 10.1. The third-order valence-corrected chi connectivity index (χ3v) is 2.38. The Hall–Kier alpha value is -1.36. The molecule has 1 atom stereocenters. The Labute approximate surface area is 89.6 Å². The van der Waals surface area contributed by atoms with E-state index in [1.165, 1.54) is 0 Å². The zero-order chi connectivity index (χ0) is 11.4. The fraction of sp³-hybridized carbons (Fsp3) is 0.600. The normalized spacial score (nSPS) is 13.1. The third-order valence-electron chi connectivity index (χ3n) is 2.38. The van der Waals surface area contributed by atoms with Crippen LogP contribution >= 0.6 is 0 Å². The van der Waals surface area contributed by atoms with Gasteiger partial charge in [-0.3, -0.25) is 9.48 Å². The molecule has 1 heterocycles. The van der Waals surface area contributed by atoms with Crippen molar-refractivity contribution in [3.05, 3.63) is 18.0 Å². The van der Waals surface area contributed by atoms with Gasteiger partial charge in [0.1, 0.15) is 6.04 Å². The Morgan fingerprint density at radius 1 is 1.67 bits per heavy atom. The zero-order valence-electron chi connectivity index (χ0n) is 9.40. The Kier molecular flexibility index (Phi) is 3.85. The van der Waals surface area contributed by atoms with Gasteiger partial charge in [-0.05, 0) is 18.5 Å². The minimum atomic E-state index is -0.370. The largest absolute Gasteiger partial charge is 0.368 e. The van der Waals surface area contributed by atoms with E-state index in [2.05, 4.69) is 24.3 Å². The molecule has 5 heteroatoms. The Morgan fingerprint density at radius 2 is 2.33 bits per heavy atom. The molecule has 0 saturated heterocycles. The van der Waals surface area contributed by atoms with Crippen molar-refractivity contribution in [1.29, 1.82) is 0 Å². The number of amides is 1. The first-order chi connectivity index (χ1) is 7.04. The van der Waals surface area contributed by atoms with E-state index in [1.54, 1.807) is 11.7 Å². The lowest BCUT2D eigenvalue weighted by molar-refractivity contribution is -0.120. The summed E-state index contributed by atoms with van der Waals surface area (Å²) in [6.45, 7) is 4.68. The lowest BCUT2D eigenvalue weighted by Gasteiger charge is -2.11. The molecule has 3 N–H and O–H groups in total. The van der Waals surface area contributed by atoms with Crippen LogP contribution in [0.5, 0.6) is 0 Å². The highest BCUT2D eigenvalue weighted by Gasteiger charge is 2.14. The SMILES string of the molecule is CNC(Cn1cc(C(C)C)cn1)C(N)=O. The number of carbonyl (C=O) groups is 1. The highest BCUT2D eigenvalue weighted by Crippen LogP contribution is 2.12. The van der Waals surface area contributed by atoms with Crippen molar-refractivity contribution >= 4 is 5.91 Å². The van der Waals surface area contributed by atoms with Gasteiger partial charge < -0.3 is 11.1 Å². The van der Waals surface area contributed by atoms with E-state index >= 15 is 0 Å². The van der Waals surface area contributed by atoms with E-state index in [-0.39, 0.29) is 11.9 Å². The highest BCUT2D eigenvalue weighted by molar-refractivity contribution is 5.79. The molecule has 1 aromatic rings. The number of hydrogen-bond donors (Lipinski definition) is 2. The Bertz CT molecular complexity index is 332. The molecular formula is C10H18N4O. The van der Waals surface area contributed by atoms with Crippen LogP contribution in [-0.2, 0) is 11.3 Å². The molecule has 0 aliphatic carbocycles. The second kappa shape index (κ2) is 4.93. The fourth-order valence-electron chi connectivity index (χ4n) is 1.29. The highest BCUT2D eigenvalue weighted by atomic mass is 16.1. The van der Waals surface area contributed by atoms with E-state index in [9.17, 15) is 4.79 Å². The molecule has 0 saturated carbocycles. The second-order valence-corrected chi connectivity index (χ2v) is 3.89. The summed E-state index contributed by atoms with van der Waals surface area (Å²) in [4.78, 5) is 11.0. The molecule has 0 aliphatic rings. The molecule has 0 fully saturated rings. The van der Waals surface area contributed by atoms with Gasteiger partial charge in [0.05, 0.1) is 12.7 Å². The first kappa shape index (κ1) is 11.7. The maximum atomic E-state index is 11.0. The topological polar surface area (TPSA) is 72.9 Å². The van der Waals surface area contributed by atoms with Gasteiger partial charge in [0.15, 0.2) is 0 Å². The van der Waals surface area contributed by atoms with E-state index in [1.807, 2.05) is 12.4 Å². The average Bonchev–Trinajstić information content (AvgIpc) is 2.61. The monoisotopic (exact) mass is 210 g/mol. The van der Waals surface area contributed by atoms with E-state index in [4.69, 9.17) is 5.73 Å². The molecule has 15 heavy (non-hydrogen) atoms. The number of nitrogens with one attached hydrogen (secondary N) is 1. The molecule has 1 aromatic heterocycles. The molecule has 0 aliphatic heterocycles. The van der Waals surface area contributed by atoms with E-state index in [0.29, 0.717) is 12.5 Å². The molecule has 1 unspecified atom stereocenters. The minimum Gasteiger partial charge on any atom is -0.368 e. The summed E-state index contributed by atoms with van der Waals surface area (Å²) in [5.74, 6) is 0.0828. The van der Waals surface area contributed by atoms with E-state index < -0.39 is 0 Å². The van der Waals surface area contributed by atoms with Gasteiger partial charge in [0, 0.05) is 6.20 Å². The molecule has 1 rings (SSSR count). The standard InChI is InChI=1S/C10H18N4O/c1-7(2)8-4-13-14(5-8)6-9(12-3)10(11)15/h4-5,7,9,12H,6H2,1-3H3,(H2,11,15). The van der Waals surface area contributed by atoms with Gasteiger partial charge in [-0.25, -0.2) is 0 Å². The number of likely N-dealkylation sites (N-methyl/N-ethyl adjacent to an activating group) is 1. The molecule has 84 valence electrons. The number of nitrogens with zero attached hydrogens (tertiary/aromatic N) is 2. The Balaban J connectivity index is 2.67. The van der Waals surface area contributed by atoms with Crippen molar-refractivity contribution in [2.24, 2.45) is 5.73 Å². The van der Waals surface area contributed by atoms with Crippen molar-refractivity contribution in [2.45, 2.75) is 32.4 Å². The molecule has 1 amide bonds. The van der Waals surface area contributed by atoms with Crippen LogP contribution in [0.4, 0.5) is 0 Å². The summed E-state index contributed by atoms with van der Waals surface area (Å²) < 4.78 is 1.74. The molecule has 5 nitrogen and oxygen atoms in total. The molecular weight excluding hydrogens is 192 g/mol. The zero-order valence-corrected chi connectivity index (χ0v) is 9.40. The van der Waals surface area contributed by atoms with Crippen LogP contribution in [0.25, 0.3) is 0 Å². The van der Waals surface area contributed by atoms with Crippen LogP contribution in [0.2, 0.25) is 0 Å². The van der Waals surface area contributed by atoms with Crippen molar-refractivity contribution in [3.63, 3.8) is 0 Å². The van der Waals surface area contributed by atoms with Crippen molar-refractivity contribution in [2.75, 3.05) is 7.05 Å². The van der Waals surface area contributed by atoms with Crippen LogP contribution in [0, 0.1) is 0 Å². The smallest absolute Gasteiger partial charge is 0.236 e. The first-order valence-corrected chi connectivity index (χ1v) is 5.03. The summed E-state index contributed by atoms with van der Waals surface area (Å²) in [5, 5.41) is 7.03. The number of rotatable bonds is 5. The maximum absolute atomic E-state index is 11.0. The van der Waals surface area contributed by atoms with Gasteiger partial charge in [0.2, 0.25) is 5.91 Å². The molecule has 0 spiro atoms.